The van der Waals surface area contributed by atoms with Gasteiger partial charge in [-0.15, -0.1) is 0 Å². The minimum Gasteiger partial charge on any atom is -0.495 e. The molecule has 1 saturated carbocycles. The predicted octanol–water partition coefficient (Wildman–Crippen LogP) is 4.11. The first-order chi connectivity index (χ1) is 13.4. The van der Waals surface area contributed by atoms with Crippen LogP contribution in [0, 0.1) is 11.8 Å². The van der Waals surface area contributed by atoms with Crippen LogP contribution in [0.1, 0.15) is 64.7 Å². The average molecular weight is 396 g/mol. The first-order valence-corrected chi connectivity index (χ1v) is 10.2. The van der Waals surface area contributed by atoms with Gasteiger partial charge in [-0.2, -0.15) is 0 Å². The van der Waals surface area contributed by atoms with Crippen molar-refractivity contribution in [3.63, 3.8) is 0 Å². The van der Waals surface area contributed by atoms with Gasteiger partial charge in [-0.3, -0.25) is 4.79 Å². The molecule has 0 aromatic rings. The molecule has 1 aliphatic carbocycles. The van der Waals surface area contributed by atoms with Crippen LogP contribution in [0.3, 0.4) is 0 Å². The molecular weight excluding hydrogens is 364 g/mol. The number of hydrogen-bond acceptors (Lipinski definition) is 5. The summed E-state index contributed by atoms with van der Waals surface area (Å²) in [5, 5.41) is 28.0. The van der Waals surface area contributed by atoms with Crippen LogP contribution in [0.5, 0.6) is 0 Å². The molecule has 5 atom stereocenters. The van der Waals surface area contributed by atoms with Gasteiger partial charge >= 0.3 is 12.1 Å². The second-order valence-electron chi connectivity index (χ2n) is 7.66. The first-order valence-electron chi connectivity index (χ1n) is 10.2. The van der Waals surface area contributed by atoms with Gasteiger partial charge in [-0.25, -0.2) is 4.79 Å². The fraction of sp³-hybridized carbons (Fsp3) is 0.714. The Morgan fingerprint density at radius 1 is 1.29 bits per heavy atom. The van der Waals surface area contributed by atoms with Gasteiger partial charge in [-0.05, 0) is 37.8 Å². The molecule has 1 saturated heterocycles. The van der Waals surface area contributed by atoms with Crippen LogP contribution in [0.4, 0.5) is 4.79 Å². The van der Waals surface area contributed by atoms with Crippen LogP contribution in [-0.4, -0.2) is 45.8 Å². The molecule has 7 nitrogen and oxygen atoms in total. The van der Waals surface area contributed by atoms with E-state index in [0.717, 1.165) is 25.0 Å². The molecule has 2 fully saturated rings. The molecule has 7 heteroatoms. The Morgan fingerprint density at radius 2 is 2.07 bits per heavy atom. The zero-order valence-electron chi connectivity index (χ0n) is 16.5. The number of allylic oxidation sites excluding steroid dienone is 2. The molecule has 5 unspecified atom stereocenters. The third kappa shape index (κ3) is 6.86. The van der Waals surface area contributed by atoms with E-state index in [0.29, 0.717) is 32.1 Å². The van der Waals surface area contributed by atoms with Crippen LogP contribution >= 0.6 is 0 Å². The summed E-state index contributed by atoms with van der Waals surface area (Å²) in [7, 11) is 0. The molecule has 0 bridgehead atoms. The Kier molecular flexibility index (Phi) is 8.83. The van der Waals surface area contributed by atoms with Crippen molar-refractivity contribution in [3.05, 3.63) is 24.0 Å². The fourth-order valence-electron chi connectivity index (χ4n) is 4.07. The summed E-state index contributed by atoms with van der Waals surface area (Å²) in [6.07, 6.45) is 9.53. The summed E-state index contributed by atoms with van der Waals surface area (Å²) in [5.41, 5.74) is 0. The molecular formula is C21H32O7. The van der Waals surface area contributed by atoms with Crippen molar-refractivity contribution >= 4 is 12.1 Å². The van der Waals surface area contributed by atoms with E-state index in [1.165, 1.54) is 0 Å². The highest BCUT2D eigenvalue weighted by Crippen LogP contribution is 2.45. The van der Waals surface area contributed by atoms with Gasteiger partial charge in [0.15, 0.2) is 0 Å². The highest BCUT2D eigenvalue weighted by Gasteiger charge is 2.47. The summed E-state index contributed by atoms with van der Waals surface area (Å²) in [6, 6.07) is 0. The quantitative estimate of drug-likeness (QED) is 0.274. The fourth-order valence-corrected chi connectivity index (χ4v) is 4.07. The number of aliphatic hydroxyl groups excluding tert-OH is 1. The Bertz CT molecular complexity index is 583. The predicted molar refractivity (Wildman–Crippen MR) is 103 cm³/mol. The molecule has 3 N–H and O–H groups in total. The molecule has 0 radical (unpaired) electrons. The monoisotopic (exact) mass is 396 g/mol. The van der Waals surface area contributed by atoms with Crippen LogP contribution in [0.15, 0.2) is 24.0 Å². The second kappa shape index (κ2) is 11.1. The normalized spacial score (nSPS) is 29.0. The SMILES string of the molecule is CCCCCC(C=CC1C(O)CC2OC(=CCCCC(=O)O)CC21)OC(=O)O. The molecule has 1 aliphatic heterocycles. The summed E-state index contributed by atoms with van der Waals surface area (Å²) in [4.78, 5) is 21.5. The lowest BCUT2D eigenvalue weighted by Crippen LogP contribution is -2.19. The molecule has 1 heterocycles. The van der Waals surface area contributed by atoms with E-state index in [1.54, 1.807) is 6.08 Å². The van der Waals surface area contributed by atoms with Crippen molar-refractivity contribution in [1.82, 2.24) is 0 Å². The zero-order chi connectivity index (χ0) is 20.5. The van der Waals surface area contributed by atoms with E-state index < -0.39 is 24.3 Å². The third-order valence-electron chi connectivity index (χ3n) is 5.49. The summed E-state index contributed by atoms with van der Waals surface area (Å²) in [5.74, 6) is 0.124. The van der Waals surface area contributed by atoms with Crippen molar-refractivity contribution in [1.29, 1.82) is 0 Å². The van der Waals surface area contributed by atoms with E-state index in [4.69, 9.17) is 19.7 Å². The molecule has 0 spiro atoms. The van der Waals surface area contributed by atoms with Crippen molar-refractivity contribution in [2.75, 3.05) is 0 Å². The van der Waals surface area contributed by atoms with Crippen LogP contribution < -0.4 is 0 Å². The maximum atomic E-state index is 10.9. The largest absolute Gasteiger partial charge is 0.506 e. The maximum Gasteiger partial charge on any atom is 0.506 e. The van der Waals surface area contributed by atoms with Crippen molar-refractivity contribution in [3.8, 4) is 0 Å². The zero-order valence-corrected chi connectivity index (χ0v) is 16.5. The number of hydrogen-bond donors (Lipinski definition) is 3. The lowest BCUT2D eigenvalue weighted by atomic mass is 9.90. The number of unbranched alkanes of at least 4 members (excludes halogenated alkanes) is 3. The van der Waals surface area contributed by atoms with E-state index in [-0.39, 0.29) is 24.4 Å². The molecule has 0 aromatic carbocycles. The molecule has 158 valence electrons. The Hall–Kier alpha value is -2.02. The first kappa shape index (κ1) is 22.3. The number of fused-ring (bicyclic) bond motifs is 1. The smallest absolute Gasteiger partial charge is 0.495 e. The Morgan fingerprint density at radius 3 is 2.75 bits per heavy atom. The van der Waals surface area contributed by atoms with Gasteiger partial charge in [0.1, 0.15) is 12.2 Å². The molecule has 28 heavy (non-hydrogen) atoms. The number of carboxylic acid groups (broad SMARTS) is 2. The number of carboxylic acids is 1. The van der Waals surface area contributed by atoms with Gasteiger partial charge in [-0.1, -0.05) is 25.8 Å². The topological polar surface area (TPSA) is 113 Å². The summed E-state index contributed by atoms with van der Waals surface area (Å²) < 4.78 is 10.9. The number of ether oxygens (including phenoxy) is 2. The summed E-state index contributed by atoms with van der Waals surface area (Å²) >= 11 is 0. The lowest BCUT2D eigenvalue weighted by Gasteiger charge is -2.17. The van der Waals surface area contributed by atoms with Gasteiger partial charge in [0.2, 0.25) is 0 Å². The van der Waals surface area contributed by atoms with Crippen LogP contribution in [0.2, 0.25) is 0 Å². The lowest BCUT2D eigenvalue weighted by molar-refractivity contribution is -0.137. The van der Waals surface area contributed by atoms with Gasteiger partial charge < -0.3 is 24.8 Å². The highest BCUT2D eigenvalue weighted by atomic mass is 16.7. The van der Waals surface area contributed by atoms with E-state index in [1.807, 2.05) is 12.2 Å². The molecule has 2 aliphatic rings. The van der Waals surface area contributed by atoms with Crippen molar-refractivity contribution in [2.45, 2.75) is 83.0 Å². The maximum absolute atomic E-state index is 10.9. The van der Waals surface area contributed by atoms with E-state index in [9.17, 15) is 14.7 Å². The van der Waals surface area contributed by atoms with Crippen LogP contribution in [0.25, 0.3) is 0 Å². The number of rotatable bonds is 11. The number of aliphatic hydroxyl groups is 1. The Labute approximate surface area is 166 Å². The van der Waals surface area contributed by atoms with Crippen LogP contribution in [-0.2, 0) is 14.3 Å². The van der Waals surface area contributed by atoms with E-state index in [2.05, 4.69) is 6.92 Å². The molecule has 0 aromatic heterocycles. The molecule has 2 rings (SSSR count). The van der Waals surface area contributed by atoms with Gasteiger partial charge in [0, 0.05) is 31.1 Å². The Balaban J connectivity index is 1.92. The minimum absolute atomic E-state index is 0.0469. The minimum atomic E-state index is -1.29. The van der Waals surface area contributed by atoms with Crippen molar-refractivity contribution in [2.24, 2.45) is 11.8 Å². The molecule has 0 amide bonds. The highest BCUT2D eigenvalue weighted by molar-refractivity contribution is 5.66. The average Bonchev–Trinajstić information content (AvgIpc) is 3.12. The number of carbonyl (C=O) groups is 2. The second-order valence-corrected chi connectivity index (χ2v) is 7.66. The summed E-state index contributed by atoms with van der Waals surface area (Å²) in [6.45, 7) is 2.09. The standard InChI is InChI=1S/C21H32O7/c1-2-3-4-7-14(28-21(25)26)10-11-16-17-12-15(8-5-6-9-20(23)24)27-19(17)13-18(16)22/h8,10-11,14,16-19,22H,2-7,9,12-13H2,1H3,(H,23,24)(H,25,26). The van der Waals surface area contributed by atoms with Crippen molar-refractivity contribution < 1.29 is 34.4 Å². The van der Waals surface area contributed by atoms with E-state index >= 15 is 0 Å². The number of aliphatic carboxylic acids is 1. The third-order valence-corrected chi connectivity index (χ3v) is 5.49. The van der Waals surface area contributed by atoms with Gasteiger partial charge in [0.05, 0.1) is 11.9 Å². The van der Waals surface area contributed by atoms with Gasteiger partial charge in [0.25, 0.3) is 0 Å².